The van der Waals surface area contributed by atoms with Crippen LogP contribution in [-0.2, 0) is 7.05 Å². The summed E-state index contributed by atoms with van der Waals surface area (Å²) in [5, 5.41) is 6.75. The molecule has 2 nitrogen and oxygen atoms in total. The fraction of sp³-hybridized carbons (Fsp3) is 0.0625. The minimum absolute atomic E-state index is 0. The van der Waals surface area contributed by atoms with Gasteiger partial charge in [0.05, 0.1) is 7.05 Å². The summed E-state index contributed by atoms with van der Waals surface area (Å²) in [4.78, 5) is 0. The van der Waals surface area contributed by atoms with E-state index in [1.807, 2.05) is 24.3 Å². The number of nitrogens with zero attached hydrogens (tertiary/aromatic N) is 1. The molecular weight excluding hydrogens is 332 g/mol. The molecule has 0 fully saturated rings. The lowest BCUT2D eigenvalue weighted by atomic mass is 10.2. The Labute approximate surface area is 133 Å². The molecule has 0 aliphatic heterocycles. The highest BCUT2D eigenvalue weighted by Gasteiger charge is 2.15. The molecule has 0 atom stereocenters. The van der Waals surface area contributed by atoms with Crippen LogP contribution in [0.5, 0.6) is 0 Å². The van der Waals surface area contributed by atoms with Gasteiger partial charge in [0, 0.05) is 10.9 Å². The average molecular weight is 347 g/mol. The van der Waals surface area contributed by atoms with E-state index in [9.17, 15) is 0 Å². The van der Waals surface area contributed by atoms with E-state index < -0.39 is 0 Å². The van der Waals surface area contributed by atoms with Gasteiger partial charge in [0.2, 0.25) is 0 Å². The molecule has 3 aromatic rings. The third kappa shape index (κ3) is 3.08. The summed E-state index contributed by atoms with van der Waals surface area (Å²) < 4.78 is 2.19. The first-order chi connectivity index (χ1) is 9.34. The molecule has 1 aromatic heterocycles. The van der Waals surface area contributed by atoms with Gasteiger partial charge in [-0.3, -0.25) is 0 Å². The van der Waals surface area contributed by atoms with Crippen molar-refractivity contribution >= 4 is 22.2 Å². The smallest absolute Gasteiger partial charge is 0.339 e. The van der Waals surface area contributed by atoms with E-state index in [0.717, 1.165) is 10.8 Å². The molecule has 20 heavy (non-hydrogen) atoms. The Kier molecular flexibility index (Phi) is 4.93. The van der Waals surface area contributed by atoms with E-state index in [0.29, 0.717) is 0 Å². The molecule has 0 aliphatic rings. The molecule has 0 spiro atoms. The predicted molar refractivity (Wildman–Crippen MR) is 80.7 cm³/mol. The topological polar surface area (TPSA) is 15.9 Å². The standard InChI is InChI=1S/C16H14N2S.BrH/c1-18-15(13-8-4-2-5-9-13)12-19-16(18)17-14-10-6-3-7-11-14;/h2-12H,1H3;1H. The van der Waals surface area contributed by atoms with E-state index >= 15 is 0 Å². The number of benzene rings is 2. The van der Waals surface area contributed by atoms with Crippen molar-refractivity contribution < 1.29 is 21.5 Å². The van der Waals surface area contributed by atoms with Gasteiger partial charge in [0.15, 0.2) is 0 Å². The normalized spacial score (nSPS) is 9.85. The van der Waals surface area contributed by atoms with Gasteiger partial charge in [-0.2, -0.15) is 0 Å². The summed E-state index contributed by atoms with van der Waals surface area (Å²) in [6, 6.07) is 20.7. The van der Waals surface area contributed by atoms with E-state index in [4.69, 9.17) is 0 Å². The molecule has 0 radical (unpaired) electrons. The maximum atomic E-state index is 3.44. The van der Waals surface area contributed by atoms with Crippen LogP contribution in [0.4, 0.5) is 10.8 Å². The molecule has 2 aromatic carbocycles. The molecule has 0 bridgehead atoms. The molecule has 0 amide bonds. The number of nitrogens with one attached hydrogen (secondary N) is 1. The summed E-state index contributed by atoms with van der Waals surface area (Å²) in [6.07, 6.45) is 0. The molecule has 0 aliphatic carbocycles. The van der Waals surface area contributed by atoms with Crippen LogP contribution in [0.2, 0.25) is 0 Å². The summed E-state index contributed by atoms with van der Waals surface area (Å²) in [5.41, 5.74) is 3.57. The lowest BCUT2D eigenvalue weighted by Crippen LogP contribution is -3.00. The first-order valence-corrected chi connectivity index (χ1v) is 7.07. The SMILES string of the molecule is C[n+]1c(-c2ccccc2)csc1Nc1ccccc1.[Br-]. The van der Waals surface area contributed by atoms with Crippen molar-refractivity contribution in [2.45, 2.75) is 0 Å². The minimum atomic E-state index is 0. The van der Waals surface area contributed by atoms with Crippen LogP contribution in [0.15, 0.2) is 66.0 Å². The zero-order chi connectivity index (χ0) is 13.1. The van der Waals surface area contributed by atoms with Crippen LogP contribution in [0.1, 0.15) is 0 Å². The highest BCUT2D eigenvalue weighted by molar-refractivity contribution is 7.13. The Bertz CT molecular complexity index is 665. The van der Waals surface area contributed by atoms with Gasteiger partial charge in [0.25, 0.3) is 0 Å². The summed E-state index contributed by atoms with van der Waals surface area (Å²) in [5.74, 6) is 0. The third-order valence-corrected chi connectivity index (χ3v) is 3.98. The van der Waals surface area contributed by atoms with Crippen molar-refractivity contribution in [1.82, 2.24) is 0 Å². The molecule has 102 valence electrons. The van der Waals surface area contributed by atoms with Crippen molar-refractivity contribution in [3.63, 3.8) is 0 Å². The van der Waals surface area contributed by atoms with Gasteiger partial charge in [-0.05, 0) is 12.1 Å². The number of thiazole rings is 1. The van der Waals surface area contributed by atoms with Crippen LogP contribution in [0.25, 0.3) is 11.3 Å². The zero-order valence-corrected chi connectivity index (χ0v) is 13.5. The Morgan fingerprint density at radius 1 is 0.900 bits per heavy atom. The quantitative estimate of drug-likeness (QED) is 0.699. The van der Waals surface area contributed by atoms with E-state index in [1.165, 1.54) is 11.3 Å². The summed E-state index contributed by atoms with van der Waals surface area (Å²) in [7, 11) is 2.09. The van der Waals surface area contributed by atoms with E-state index in [-0.39, 0.29) is 17.0 Å². The molecule has 1 N–H and O–H groups in total. The Balaban J connectivity index is 0.00000147. The van der Waals surface area contributed by atoms with Crippen molar-refractivity contribution in [3.8, 4) is 11.3 Å². The van der Waals surface area contributed by atoms with E-state index in [1.54, 1.807) is 11.3 Å². The number of rotatable bonds is 3. The Morgan fingerprint density at radius 3 is 2.15 bits per heavy atom. The average Bonchev–Trinajstić information content (AvgIpc) is 2.82. The molecular formula is C16H15BrN2S. The van der Waals surface area contributed by atoms with Gasteiger partial charge < -0.3 is 17.0 Å². The maximum Gasteiger partial charge on any atom is 0.339 e. The Morgan fingerprint density at radius 2 is 1.50 bits per heavy atom. The highest BCUT2D eigenvalue weighted by atomic mass is 79.9. The number of anilines is 2. The van der Waals surface area contributed by atoms with Gasteiger partial charge in [-0.1, -0.05) is 59.9 Å². The van der Waals surface area contributed by atoms with Gasteiger partial charge >= 0.3 is 5.13 Å². The molecule has 1 heterocycles. The van der Waals surface area contributed by atoms with Crippen LogP contribution < -0.4 is 26.9 Å². The van der Waals surface area contributed by atoms with Crippen LogP contribution >= 0.6 is 11.3 Å². The van der Waals surface area contributed by atoms with E-state index in [2.05, 4.69) is 58.7 Å². The van der Waals surface area contributed by atoms with Crippen LogP contribution in [0.3, 0.4) is 0 Å². The van der Waals surface area contributed by atoms with Crippen molar-refractivity contribution in [1.29, 1.82) is 0 Å². The van der Waals surface area contributed by atoms with Crippen molar-refractivity contribution in [2.24, 2.45) is 7.05 Å². The molecule has 4 heteroatoms. The maximum absolute atomic E-state index is 3.44. The highest BCUT2D eigenvalue weighted by Crippen LogP contribution is 2.24. The first-order valence-electron chi connectivity index (χ1n) is 6.19. The number of hydrogen-bond acceptors (Lipinski definition) is 2. The number of para-hydroxylation sites is 1. The lowest BCUT2D eigenvalue weighted by Gasteiger charge is -2.00. The second-order valence-corrected chi connectivity index (χ2v) is 5.20. The zero-order valence-electron chi connectivity index (χ0n) is 11.1. The first kappa shape index (κ1) is 14.8. The minimum Gasteiger partial charge on any atom is -1.00 e. The lowest BCUT2D eigenvalue weighted by molar-refractivity contribution is -0.641. The second kappa shape index (κ2) is 6.68. The third-order valence-electron chi connectivity index (χ3n) is 3.04. The van der Waals surface area contributed by atoms with Crippen LogP contribution in [-0.4, -0.2) is 0 Å². The van der Waals surface area contributed by atoms with Crippen molar-refractivity contribution in [2.75, 3.05) is 5.32 Å². The Hall–Kier alpha value is -1.65. The van der Waals surface area contributed by atoms with Gasteiger partial charge in [-0.25, -0.2) is 9.88 Å². The predicted octanol–water partition coefficient (Wildman–Crippen LogP) is 0.987. The number of aromatic nitrogens is 1. The summed E-state index contributed by atoms with van der Waals surface area (Å²) in [6.45, 7) is 0. The monoisotopic (exact) mass is 346 g/mol. The van der Waals surface area contributed by atoms with Gasteiger partial charge in [0.1, 0.15) is 11.4 Å². The number of hydrogen-bond donors (Lipinski definition) is 1. The second-order valence-electron chi connectivity index (χ2n) is 4.34. The fourth-order valence-electron chi connectivity index (χ4n) is 2.01. The molecule has 0 saturated heterocycles. The molecule has 0 saturated carbocycles. The van der Waals surface area contributed by atoms with Crippen LogP contribution in [0, 0.1) is 0 Å². The fourth-order valence-corrected chi connectivity index (χ4v) is 2.96. The van der Waals surface area contributed by atoms with Gasteiger partial charge in [-0.15, -0.1) is 0 Å². The summed E-state index contributed by atoms with van der Waals surface area (Å²) >= 11 is 1.72. The largest absolute Gasteiger partial charge is 1.00 e. The van der Waals surface area contributed by atoms with Crippen molar-refractivity contribution in [3.05, 3.63) is 66.0 Å². The molecule has 3 rings (SSSR count). The molecule has 0 unspecified atom stereocenters. The number of halogens is 1.